The number of hydrogen-bond acceptors (Lipinski definition) is 6. The first-order valence-corrected chi connectivity index (χ1v) is 13.5. The Balaban J connectivity index is 1.59. The van der Waals surface area contributed by atoms with E-state index in [2.05, 4.69) is 4.98 Å². The lowest BCUT2D eigenvalue weighted by Crippen LogP contribution is -2.30. The van der Waals surface area contributed by atoms with Gasteiger partial charge in [-0.1, -0.05) is 24.3 Å². The summed E-state index contributed by atoms with van der Waals surface area (Å²) in [6.07, 6.45) is 3.47. The molecule has 0 amide bonds. The van der Waals surface area contributed by atoms with Crippen LogP contribution in [0.1, 0.15) is 17.0 Å². The van der Waals surface area contributed by atoms with Gasteiger partial charge in [-0.15, -0.1) is 0 Å². The van der Waals surface area contributed by atoms with Crippen LogP contribution < -0.4 is 0 Å². The average molecular weight is 494 g/mol. The zero-order valence-corrected chi connectivity index (χ0v) is 19.8. The van der Waals surface area contributed by atoms with E-state index in [1.54, 1.807) is 41.9 Å². The lowest BCUT2D eigenvalue weighted by molar-refractivity contribution is 0.0406. The first kappa shape index (κ1) is 23.6. The van der Waals surface area contributed by atoms with Gasteiger partial charge in [0.05, 0.1) is 23.9 Å². The normalized spacial score (nSPS) is 19.7. The topological polar surface area (TPSA) is 98.6 Å². The van der Waals surface area contributed by atoms with Gasteiger partial charge < -0.3 is 9.30 Å². The second kappa shape index (κ2) is 8.98. The van der Waals surface area contributed by atoms with Gasteiger partial charge >= 0.3 is 0 Å². The van der Waals surface area contributed by atoms with Gasteiger partial charge in [0.15, 0.2) is 14.9 Å². The third kappa shape index (κ3) is 5.16. The molecule has 11 heteroatoms. The van der Waals surface area contributed by atoms with E-state index in [9.17, 15) is 21.2 Å². The molecular weight excluding hydrogens is 469 g/mol. The molecule has 0 saturated carbocycles. The zero-order chi connectivity index (χ0) is 23.8. The fourth-order valence-electron chi connectivity index (χ4n) is 3.86. The summed E-state index contributed by atoms with van der Waals surface area (Å²) in [6, 6.07) is 12.3. The van der Waals surface area contributed by atoms with E-state index < -0.39 is 26.0 Å². The van der Waals surface area contributed by atoms with E-state index in [1.165, 1.54) is 35.0 Å². The van der Waals surface area contributed by atoms with E-state index in [1.807, 2.05) is 0 Å². The number of halogens is 1. The highest BCUT2D eigenvalue weighted by molar-refractivity contribution is 7.90. The number of imidazole rings is 1. The molecule has 0 spiro atoms. The summed E-state index contributed by atoms with van der Waals surface area (Å²) in [5.41, 5.74) is 1.41. The number of nitrogens with zero attached hydrogens (tertiary/aromatic N) is 3. The monoisotopic (exact) mass is 493 g/mol. The molecule has 4 rings (SSSR count). The van der Waals surface area contributed by atoms with Crippen LogP contribution in [0.4, 0.5) is 4.39 Å². The molecule has 1 aliphatic heterocycles. The molecule has 2 atom stereocenters. The fraction of sp³-hybridized carbons (Fsp3) is 0.318. The van der Waals surface area contributed by atoms with Gasteiger partial charge in [0.25, 0.3) is 10.0 Å². The Labute approximate surface area is 192 Å². The number of aryl methyl sites for hydroxylation is 1. The zero-order valence-electron chi connectivity index (χ0n) is 18.1. The SMILES string of the molecule is Cn1cnc(S(=O)(=O)N2C[C@H](OCc3cccc(S(C)(=O)=O)c3)[C@@H](c3ccc(F)cc3)C2)c1. The third-order valence-corrected chi connectivity index (χ3v) is 8.43. The van der Waals surface area contributed by atoms with Crippen molar-refractivity contribution >= 4 is 19.9 Å². The molecule has 0 radical (unpaired) electrons. The smallest absolute Gasteiger partial charge is 0.262 e. The van der Waals surface area contributed by atoms with Crippen molar-refractivity contribution in [3.05, 3.63) is 78.0 Å². The van der Waals surface area contributed by atoms with Gasteiger partial charge in [0.1, 0.15) is 5.82 Å². The van der Waals surface area contributed by atoms with Gasteiger partial charge in [-0.2, -0.15) is 4.31 Å². The number of aromatic nitrogens is 2. The van der Waals surface area contributed by atoms with Crippen molar-refractivity contribution in [3.8, 4) is 0 Å². The van der Waals surface area contributed by atoms with E-state index in [-0.39, 0.29) is 41.4 Å². The van der Waals surface area contributed by atoms with Crippen molar-refractivity contribution in [2.75, 3.05) is 19.3 Å². The van der Waals surface area contributed by atoms with E-state index in [0.717, 1.165) is 11.8 Å². The summed E-state index contributed by atoms with van der Waals surface area (Å²) in [7, 11) is -5.52. The number of ether oxygens (including phenoxy) is 1. The first-order valence-electron chi connectivity index (χ1n) is 10.2. The number of rotatable bonds is 7. The van der Waals surface area contributed by atoms with Gasteiger partial charge in [-0.3, -0.25) is 0 Å². The molecular formula is C22H24FN3O5S2. The molecule has 3 aromatic rings. The molecule has 2 heterocycles. The first-order chi connectivity index (χ1) is 15.5. The minimum absolute atomic E-state index is 0.0515. The summed E-state index contributed by atoms with van der Waals surface area (Å²) in [6.45, 7) is 0.342. The Morgan fingerprint density at radius 1 is 1.09 bits per heavy atom. The number of benzene rings is 2. The van der Waals surface area contributed by atoms with Crippen molar-refractivity contribution < 1.29 is 26.0 Å². The quantitative estimate of drug-likeness (QED) is 0.501. The van der Waals surface area contributed by atoms with Crippen LogP contribution >= 0.6 is 0 Å². The Kier molecular flexibility index (Phi) is 6.41. The summed E-state index contributed by atoms with van der Waals surface area (Å²) < 4.78 is 72.4. The Bertz CT molecular complexity index is 1350. The van der Waals surface area contributed by atoms with Crippen LogP contribution in [0.3, 0.4) is 0 Å². The van der Waals surface area contributed by atoms with Crippen LogP contribution in [-0.2, 0) is 38.3 Å². The minimum Gasteiger partial charge on any atom is -0.371 e. The van der Waals surface area contributed by atoms with E-state index in [4.69, 9.17) is 4.74 Å². The number of sulfonamides is 1. The fourth-order valence-corrected chi connectivity index (χ4v) is 5.99. The van der Waals surface area contributed by atoms with Crippen LogP contribution in [0.5, 0.6) is 0 Å². The Hall–Kier alpha value is -2.60. The van der Waals surface area contributed by atoms with Crippen molar-refractivity contribution in [1.29, 1.82) is 0 Å². The van der Waals surface area contributed by atoms with Crippen molar-refractivity contribution in [2.24, 2.45) is 7.05 Å². The van der Waals surface area contributed by atoms with Crippen LogP contribution in [0.25, 0.3) is 0 Å². The van der Waals surface area contributed by atoms with E-state index in [0.29, 0.717) is 5.56 Å². The Morgan fingerprint density at radius 3 is 2.45 bits per heavy atom. The lowest BCUT2D eigenvalue weighted by atomic mass is 9.96. The predicted molar refractivity (Wildman–Crippen MR) is 119 cm³/mol. The molecule has 0 aliphatic carbocycles. The van der Waals surface area contributed by atoms with Gasteiger partial charge in [0, 0.05) is 38.5 Å². The second-order valence-electron chi connectivity index (χ2n) is 8.13. The number of hydrogen-bond donors (Lipinski definition) is 0. The Morgan fingerprint density at radius 2 is 1.82 bits per heavy atom. The van der Waals surface area contributed by atoms with Crippen LogP contribution in [0, 0.1) is 5.82 Å². The summed E-state index contributed by atoms with van der Waals surface area (Å²) in [5, 5.41) is -0.0515. The largest absolute Gasteiger partial charge is 0.371 e. The molecule has 1 fully saturated rings. The molecule has 0 unspecified atom stereocenters. The number of sulfone groups is 1. The van der Waals surface area contributed by atoms with Crippen molar-refractivity contribution in [2.45, 2.75) is 28.6 Å². The van der Waals surface area contributed by atoms with Crippen LogP contribution in [0.15, 0.2) is 71.0 Å². The average Bonchev–Trinajstić information content (AvgIpc) is 3.40. The van der Waals surface area contributed by atoms with Gasteiger partial charge in [-0.05, 0) is 35.4 Å². The maximum absolute atomic E-state index is 13.5. The predicted octanol–water partition coefficient (Wildman–Crippen LogP) is 2.34. The maximum Gasteiger partial charge on any atom is 0.262 e. The lowest BCUT2D eigenvalue weighted by Gasteiger charge is -2.19. The van der Waals surface area contributed by atoms with Gasteiger partial charge in [-0.25, -0.2) is 26.2 Å². The molecule has 8 nitrogen and oxygen atoms in total. The van der Waals surface area contributed by atoms with Crippen molar-refractivity contribution in [3.63, 3.8) is 0 Å². The highest BCUT2D eigenvalue weighted by Crippen LogP contribution is 2.33. The molecule has 2 aromatic carbocycles. The highest BCUT2D eigenvalue weighted by atomic mass is 32.2. The second-order valence-corrected chi connectivity index (χ2v) is 12.0. The summed E-state index contributed by atoms with van der Waals surface area (Å²) >= 11 is 0. The standard InChI is InChI=1S/C22H24FN3O5S2/c1-25-13-22(24-15-25)33(29,30)26-11-20(17-6-8-18(23)9-7-17)21(12-26)31-14-16-4-3-5-19(10-16)32(2,27)28/h3-10,13,15,20-21H,11-12,14H2,1-2H3/t20-,21+/m1/s1. The third-order valence-electron chi connectivity index (χ3n) is 5.61. The van der Waals surface area contributed by atoms with E-state index >= 15 is 0 Å². The minimum atomic E-state index is -3.84. The molecule has 0 bridgehead atoms. The van der Waals surface area contributed by atoms with Gasteiger partial charge in [0.2, 0.25) is 0 Å². The summed E-state index contributed by atoms with van der Waals surface area (Å²) in [5.74, 6) is -0.716. The maximum atomic E-state index is 13.5. The molecule has 0 N–H and O–H groups in total. The molecule has 1 aliphatic rings. The molecule has 33 heavy (non-hydrogen) atoms. The molecule has 176 valence electrons. The highest BCUT2D eigenvalue weighted by Gasteiger charge is 2.41. The molecule has 1 aromatic heterocycles. The molecule has 1 saturated heterocycles. The van der Waals surface area contributed by atoms with Crippen molar-refractivity contribution in [1.82, 2.24) is 13.9 Å². The van der Waals surface area contributed by atoms with Crippen LogP contribution in [0.2, 0.25) is 0 Å². The summed E-state index contributed by atoms with van der Waals surface area (Å²) in [4.78, 5) is 4.16. The van der Waals surface area contributed by atoms with Crippen LogP contribution in [-0.4, -0.2) is 56.1 Å².